The normalized spacial score (nSPS) is 22.5. The topological polar surface area (TPSA) is 54.5 Å². The van der Waals surface area contributed by atoms with Crippen LogP contribution in [0.1, 0.15) is 19.3 Å². The van der Waals surface area contributed by atoms with Gasteiger partial charge in [0.05, 0.1) is 5.25 Å². The van der Waals surface area contributed by atoms with Crippen LogP contribution in [0.25, 0.3) is 0 Å². The van der Waals surface area contributed by atoms with E-state index >= 15 is 0 Å². The van der Waals surface area contributed by atoms with Crippen LogP contribution >= 0.6 is 12.6 Å². The van der Waals surface area contributed by atoms with Crippen molar-refractivity contribution in [3.8, 4) is 0 Å². The average molecular weight is 201 g/mol. The van der Waals surface area contributed by atoms with Crippen LogP contribution in [-0.2, 0) is 14.4 Å². The summed E-state index contributed by atoms with van der Waals surface area (Å²) in [4.78, 5) is 33.6. The van der Waals surface area contributed by atoms with Crippen LogP contribution in [0.15, 0.2) is 0 Å². The lowest BCUT2D eigenvalue weighted by molar-refractivity contribution is -0.138. The van der Waals surface area contributed by atoms with Gasteiger partial charge in [0.2, 0.25) is 11.8 Å². The maximum atomic E-state index is 11.3. The number of carbonyl (C=O) groups excluding carboxylic acids is 3. The van der Waals surface area contributed by atoms with E-state index in [4.69, 9.17) is 0 Å². The van der Waals surface area contributed by atoms with Gasteiger partial charge in [-0.1, -0.05) is 0 Å². The molecule has 0 bridgehead atoms. The Hall–Kier alpha value is -0.840. The molecule has 0 aliphatic carbocycles. The molecule has 0 aromatic carbocycles. The van der Waals surface area contributed by atoms with Gasteiger partial charge in [0.25, 0.3) is 0 Å². The number of carbonyl (C=O) groups is 3. The highest BCUT2D eigenvalue weighted by Gasteiger charge is 2.35. The van der Waals surface area contributed by atoms with Crippen molar-refractivity contribution in [1.29, 1.82) is 0 Å². The van der Waals surface area contributed by atoms with Gasteiger partial charge in [-0.25, -0.2) is 0 Å². The summed E-state index contributed by atoms with van der Waals surface area (Å²) in [6, 6.07) is 0. The lowest BCUT2D eigenvalue weighted by atomic mass is 10.3. The molecule has 4 nitrogen and oxygen atoms in total. The van der Waals surface area contributed by atoms with Crippen LogP contribution in [0, 0.1) is 0 Å². The Kier molecular flexibility index (Phi) is 3.48. The molecule has 2 amide bonds. The molecule has 1 fully saturated rings. The fourth-order valence-electron chi connectivity index (χ4n) is 1.23. The molecular weight excluding hydrogens is 190 g/mol. The lowest BCUT2D eigenvalue weighted by Gasteiger charge is -2.12. The molecule has 0 aromatic heterocycles. The molecule has 0 N–H and O–H groups in total. The first-order chi connectivity index (χ1) is 6.16. The van der Waals surface area contributed by atoms with Crippen molar-refractivity contribution in [3.05, 3.63) is 0 Å². The lowest BCUT2D eigenvalue weighted by Crippen LogP contribution is -2.31. The Morgan fingerprint density at radius 1 is 1.54 bits per heavy atom. The molecule has 1 aliphatic heterocycles. The Morgan fingerprint density at radius 2 is 2.23 bits per heavy atom. The molecule has 72 valence electrons. The molecule has 0 spiro atoms. The zero-order chi connectivity index (χ0) is 9.84. The van der Waals surface area contributed by atoms with Crippen molar-refractivity contribution >= 4 is 30.7 Å². The average Bonchev–Trinajstić information content (AvgIpc) is 2.32. The molecule has 1 unspecified atom stereocenters. The number of thiol groups is 1. The molecule has 5 heteroatoms. The van der Waals surface area contributed by atoms with Gasteiger partial charge in [0.1, 0.15) is 6.29 Å². The molecule has 0 radical (unpaired) electrons. The van der Waals surface area contributed by atoms with E-state index in [1.807, 2.05) is 0 Å². The monoisotopic (exact) mass is 201 g/mol. The van der Waals surface area contributed by atoms with E-state index in [1.54, 1.807) is 0 Å². The Bertz CT molecular complexity index is 242. The largest absolute Gasteiger partial charge is 0.303 e. The second kappa shape index (κ2) is 4.41. The van der Waals surface area contributed by atoms with Crippen molar-refractivity contribution < 1.29 is 14.4 Å². The van der Waals surface area contributed by atoms with Crippen molar-refractivity contribution in [2.45, 2.75) is 24.5 Å². The molecule has 1 rings (SSSR count). The molecule has 1 saturated heterocycles. The van der Waals surface area contributed by atoms with Crippen LogP contribution in [0.2, 0.25) is 0 Å². The number of amides is 2. The van der Waals surface area contributed by atoms with Crippen molar-refractivity contribution in [2.75, 3.05) is 6.54 Å². The molecule has 0 aromatic rings. The second-order valence-electron chi connectivity index (χ2n) is 2.91. The molecular formula is C8H11NO3S. The van der Waals surface area contributed by atoms with E-state index < -0.39 is 5.25 Å². The van der Waals surface area contributed by atoms with E-state index in [2.05, 4.69) is 12.6 Å². The number of likely N-dealkylation sites (tertiary alicyclic amines) is 1. The Labute approximate surface area is 81.7 Å². The summed E-state index contributed by atoms with van der Waals surface area (Å²) in [5, 5.41) is -0.483. The number of hydrogen-bond acceptors (Lipinski definition) is 4. The number of imide groups is 1. The molecule has 0 saturated carbocycles. The van der Waals surface area contributed by atoms with E-state index in [1.165, 1.54) is 4.90 Å². The van der Waals surface area contributed by atoms with Gasteiger partial charge < -0.3 is 4.79 Å². The number of aldehydes is 1. The van der Waals surface area contributed by atoms with Crippen LogP contribution < -0.4 is 0 Å². The molecule has 1 atom stereocenters. The highest BCUT2D eigenvalue weighted by molar-refractivity contribution is 7.81. The van der Waals surface area contributed by atoms with Crippen LogP contribution in [0.3, 0.4) is 0 Å². The van der Waals surface area contributed by atoms with Gasteiger partial charge in [0, 0.05) is 19.4 Å². The van der Waals surface area contributed by atoms with Crippen molar-refractivity contribution in [2.24, 2.45) is 0 Å². The number of nitrogens with zero attached hydrogens (tertiary/aromatic N) is 1. The van der Waals surface area contributed by atoms with E-state index in [0.29, 0.717) is 19.4 Å². The predicted molar refractivity (Wildman–Crippen MR) is 49.4 cm³/mol. The quantitative estimate of drug-likeness (QED) is 0.302. The number of hydrogen-bond donors (Lipinski definition) is 1. The van der Waals surface area contributed by atoms with Gasteiger partial charge in [-0.15, -0.1) is 0 Å². The fraction of sp³-hybridized carbons (Fsp3) is 0.625. The highest BCUT2D eigenvalue weighted by Crippen LogP contribution is 2.17. The number of rotatable bonds is 4. The molecule has 13 heavy (non-hydrogen) atoms. The number of unbranched alkanes of at least 4 members (excludes halogenated alkanes) is 1. The minimum Gasteiger partial charge on any atom is -0.303 e. The molecule has 1 aliphatic rings. The summed E-state index contributed by atoms with van der Waals surface area (Å²) < 4.78 is 0. The SMILES string of the molecule is O=CCCCN1C(=O)CC(S)C1=O. The minimum absolute atomic E-state index is 0.184. The Balaban J connectivity index is 2.44. The zero-order valence-electron chi connectivity index (χ0n) is 7.10. The maximum Gasteiger partial charge on any atom is 0.242 e. The highest BCUT2D eigenvalue weighted by atomic mass is 32.1. The van der Waals surface area contributed by atoms with E-state index in [-0.39, 0.29) is 18.2 Å². The second-order valence-corrected chi connectivity index (χ2v) is 3.54. The third kappa shape index (κ3) is 2.30. The first kappa shape index (κ1) is 10.2. The Morgan fingerprint density at radius 3 is 2.69 bits per heavy atom. The van der Waals surface area contributed by atoms with Crippen LogP contribution in [0.5, 0.6) is 0 Å². The van der Waals surface area contributed by atoms with Gasteiger partial charge >= 0.3 is 0 Å². The van der Waals surface area contributed by atoms with Crippen LogP contribution in [-0.4, -0.2) is 34.8 Å². The summed E-state index contributed by atoms with van der Waals surface area (Å²) in [5.74, 6) is -0.421. The van der Waals surface area contributed by atoms with Crippen LogP contribution in [0.4, 0.5) is 0 Å². The van der Waals surface area contributed by atoms with Crippen molar-refractivity contribution in [1.82, 2.24) is 4.90 Å². The third-order valence-corrected chi connectivity index (χ3v) is 2.33. The van der Waals surface area contributed by atoms with E-state index in [9.17, 15) is 14.4 Å². The summed E-state index contributed by atoms with van der Waals surface area (Å²) in [7, 11) is 0. The molecule has 1 heterocycles. The van der Waals surface area contributed by atoms with Gasteiger partial charge in [-0.2, -0.15) is 12.6 Å². The fourth-order valence-corrected chi connectivity index (χ4v) is 1.53. The summed E-state index contributed by atoms with van der Waals surface area (Å²) >= 11 is 3.97. The summed E-state index contributed by atoms with van der Waals surface area (Å²) in [6.45, 7) is 0.341. The van der Waals surface area contributed by atoms with Gasteiger partial charge in [-0.3, -0.25) is 14.5 Å². The van der Waals surface area contributed by atoms with Crippen molar-refractivity contribution in [3.63, 3.8) is 0 Å². The summed E-state index contributed by atoms with van der Waals surface area (Å²) in [6.07, 6.45) is 1.89. The maximum absolute atomic E-state index is 11.3. The predicted octanol–water partition coefficient (Wildman–Crippen LogP) is 0.0228. The first-order valence-corrected chi connectivity index (χ1v) is 4.64. The minimum atomic E-state index is -0.483. The summed E-state index contributed by atoms with van der Waals surface area (Å²) in [5.41, 5.74) is 0. The van der Waals surface area contributed by atoms with E-state index in [0.717, 1.165) is 6.29 Å². The third-order valence-electron chi connectivity index (χ3n) is 1.92. The van der Waals surface area contributed by atoms with Gasteiger partial charge in [-0.05, 0) is 6.42 Å². The van der Waals surface area contributed by atoms with Gasteiger partial charge in [0.15, 0.2) is 0 Å². The smallest absolute Gasteiger partial charge is 0.242 e. The zero-order valence-corrected chi connectivity index (χ0v) is 8.00. The first-order valence-electron chi connectivity index (χ1n) is 4.12. The standard InChI is InChI=1S/C8H11NO3S/c10-4-2-1-3-9-7(11)5-6(13)8(9)12/h4,6,13H,1-3,5H2.